The number of hydrogen-bond acceptors (Lipinski definition) is 4. The van der Waals surface area contributed by atoms with Gasteiger partial charge in [-0.2, -0.15) is 0 Å². The summed E-state index contributed by atoms with van der Waals surface area (Å²) in [6.45, 7) is 0.138. The Labute approximate surface area is 139 Å². The number of fused-ring (bicyclic) bond motifs is 1. The van der Waals surface area contributed by atoms with Gasteiger partial charge in [0.25, 0.3) is 0 Å². The first-order valence-electron chi connectivity index (χ1n) is 7.55. The SMILES string of the molecule is COC(=O)Cn1c(C(=O)OCc2ccccc2)cc2ccccc21. The number of carbonyl (C=O) groups is 2. The van der Waals surface area contributed by atoms with Crippen LogP contribution in [0.25, 0.3) is 10.9 Å². The van der Waals surface area contributed by atoms with E-state index in [1.165, 1.54) is 7.11 Å². The Bertz CT molecular complexity index is 867. The van der Waals surface area contributed by atoms with Crippen molar-refractivity contribution in [2.75, 3.05) is 7.11 Å². The van der Waals surface area contributed by atoms with Gasteiger partial charge in [0.05, 0.1) is 7.11 Å². The molecule has 0 atom stereocenters. The van der Waals surface area contributed by atoms with E-state index in [2.05, 4.69) is 0 Å². The van der Waals surface area contributed by atoms with Crippen LogP contribution >= 0.6 is 0 Å². The zero-order chi connectivity index (χ0) is 16.9. The lowest BCUT2D eigenvalue weighted by molar-refractivity contribution is -0.141. The molecule has 0 saturated heterocycles. The second-order valence-corrected chi connectivity index (χ2v) is 5.31. The molecular formula is C19H17NO4. The largest absolute Gasteiger partial charge is 0.468 e. The van der Waals surface area contributed by atoms with Gasteiger partial charge in [0.15, 0.2) is 0 Å². The second-order valence-electron chi connectivity index (χ2n) is 5.31. The molecule has 24 heavy (non-hydrogen) atoms. The van der Waals surface area contributed by atoms with Crippen LogP contribution in [0.5, 0.6) is 0 Å². The van der Waals surface area contributed by atoms with E-state index in [-0.39, 0.29) is 13.2 Å². The number of hydrogen-bond donors (Lipinski definition) is 0. The van der Waals surface area contributed by atoms with Crippen LogP contribution in [0.3, 0.4) is 0 Å². The van der Waals surface area contributed by atoms with Crippen LogP contribution in [-0.4, -0.2) is 23.6 Å². The molecule has 0 N–H and O–H groups in total. The third-order valence-electron chi connectivity index (χ3n) is 3.75. The van der Waals surface area contributed by atoms with E-state index in [4.69, 9.17) is 9.47 Å². The number of esters is 2. The normalized spacial score (nSPS) is 10.5. The summed E-state index contributed by atoms with van der Waals surface area (Å²) in [7, 11) is 1.32. The fraction of sp³-hybridized carbons (Fsp3) is 0.158. The number of ether oxygens (including phenoxy) is 2. The summed E-state index contributed by atoms with van der Waals surface area (Å²) in [5.74, 6) is -0.896. The lowest BCUT2D eigenvalue weighted by Gasteiger charge is -2.09. The number of benzene rings is 2. The molecule has 0 aliphatic heterocycles. The third-order valence-corrected chi connectivity index (χ3v) is 3.75. The highest BCUT2D eigenvalue weighted by Crippen LogP contribution is 2.21. The molecular weight excluding hydrogens is 306 g/mol. The van der Waals surface area contributed by atoms with Crippen LogP contribution in [-0.2, 0) is 27.4 Å². The van der Waals surface area contributed by atoms with Crippen molar-refractivity contribution in [2.24, 2.45) is 0 Å². The highest BCUT2D eigenvalue weighted by atomic mass is 16.5. The van der Waals surface area contributed by atoms with E-state index in [0.717, 1.165) is 16.5 Å². The van der Waals surface area contributed by atoms with Crippen LogP contribution < -0.4 is 0 Å². The molecule has 5 nitrogen and oxygen atoms in total. The van der Waals surface area contributed by atoms with Gasteiger partial charge in [-0.3, -0.25) is 4.79 Å². The van der Waals surface area contributed by atoms with Crippen LogP contribution in [0, 0.1) is 0 Å². The van der Waals surface area contributed by atoms with Gasteiger partial charge in [0.2, 0.25) is 0 Å². The summed E-state index contributed by atoms with van der Waals surface area (Å²) in [5, 5.41) is 0.869. The Morgan fingerprint density at radius 3 is 2.46 bits per heavy atom. The Morgan fingerprint density at radius 2 is 1.71 bits per heavy atom. The Kier molecular flexibility index (Phi) is 4.61. The summed E-state index contributed by atoms with van der Waals surface area (Å²) >= 11 is 0. The van der Waals surface area contributed by atoms with Crippen LogP contribution in [0.2, 0.25) is 0 Å². The van der Waals surface area contributed by atoms with Gasteiger partial charge in [-0.25, -0.2) is 4.79 Å². The van der Waals surface area contributed by atoms with E-state index in [9.17, 15) is 9.59 Å². The molecule has 0 amide bonds. The zero-order valence-corrected chi connectivity index (χ0v) is 13.3. The van der Waals surface area contributed by atoms with E-state index >= 15 is 0 Å². The highest BCUT2D eigenvalue weighted by Gasteiger charge is 2.19. The standard InChI is InChI=1S/C19H17NO4/c1-23-18(21)12-20-16-10-6-5-9-15(16)11-17(20)19(22)24-13-14-7-3-2-4-8-14/h2-11H,12-13H2,1H3. The quantitative estimate of drug-likeness (QED) is 0.677. The minimum Gasteiger partial charge on any atom is -0.468 e. The van der Waals surface area contributed by atoms with Crippen molar-refractivity contribution in [3.63, 3.8) is 0 Å². The van der Waals surface area contributed by atoms with Crippen molar-refractivity contribution in [2.45, 2.75) is 13.2 Å². The summed E-state index contributed by atoms with van der Waals surface area (Å²) in [6, 6.07) is 18.6. The average molecular weight is 323 g/mol. The predicted octanol–water partition coefficient (Wildman–Crippen LogP) is 3.17. The first-order valence-corrected chi connectivity index (χ1v) is 7.55. The van der Waals surface area contributed by atoms with E-state index in [1.807, 2.05) is 54.6 Å². The van der Waals surface area contributed by atoms with Crippen LogP contribution in [0.4, 0.5) is 0 Å². The smallest absolute Gasteiger partial charge is 0.355 e. The number of methoxy groups -OCH3 is 1. The number of carbonyl (C=O) groups excluding carboxylic acids is 2. The van der Waals surface area contributed by atoms with Gasteiger partial charge in [0.1, 0.15) is 18.8 Å². The molecule has 3 aromatic rings. The van der Waals surface area contributed by atoms with Gasteiger partial charge in [-0.1, -0.05) is 48.5 Å². The summed E-state index contributed by atoms with van der Waals surface area (Å²) in [4.78, 5) is 24.2. The van der Waals surface area contributed by atoms with E-state index < -0.39 is 11.9 Å². The van der Waals surface area contributed by atoms with Gasteiger partial charge in [-0.05, 0) is 17.7 Å². The summed E-state index contributed by atoms with van der Waals surface area (Å²) in [6.07, 6.45) is 0. The molecule has 0 radical (unpaired) electrons. The lowest BCUT2D eigenvalue weighted by atomic mass is 10.2. The number of para-hydroxylation sites is 1. The fourth-order valence-electron chi connectivity index (χ4n) is 2.54. The van der Waals surface area contributed by atoms with Crippen molar-refractivity contribution >= 4 is 22.8 Å². The maximum Gasteiger partial charge on any atom is 0.355 e. The van der Waals surface area contributed by atoms with Crippen molar-refractivity contribution in [3.05, 3.63) is 71.9 Å². The monoisotopic (exact) mass is 323 g/mol. The maximum atomic E-state index is 12.5. The molecule has 0 bridgehead atoms. The van der Waals surface area contributed by atoms with Crippen LogP contribution in [0.1, 0.15) is 16.1 Å². The van der Waals surface area contributed by atoms with E-state index in [0.29, 0.717) is 5.69 Å². The second kappa shape index (κ2) is 7.00. The summed E-state index contributed by atoms with van der Waals surface area (Å²) < 4.78 is 11.7. The molecule has 1 heterocycles. The first-order chi connectivity index (χ1) is 11.7. The van der Waals surface area contributed by atoms with E-state index in [1.54, 1.807) is 10.6 Å². The molecule has 5 heteroatoms. The Morgan fingerprint density at radius 1 is 1.00 bits per heavy atom. The maximum absolute atomic E-state index is 12.5. The van der Waals surface area contributed by atoms with Crippen molar-refractivity contribution in [1.29, 1.82) is 0 Å². The molecule has 1 aromatic heterocycles. The topological polar surface area (TPSA) is 57.5 Å². The molecule has 0 saturated carbocycles. The van der Waals surface area contributed by atoms with Crippen molar-refractivity contribution < 1.29 is 19.1 Å². The summed E-state index contributed by atoms with van der Waals surface area (Å²) in [5.41, 5.74) is 2.02. The minimum absolute atomic E-state index is 0.0419. The molecule has 0 unspecified atom stereocenters. The predicted molar refractivity (Wildman–Crippen MR) is 89.5 cm³/mol. The zero-order valence-electron chi connectivity index (χ0n) is 13.3. The van der Waals surface area contributed by atoms with Crippen molar-refractivity contribution in [1.82, 2.24) is 4.57 Å². The molecule has 3 rings (SSSR count). The Hall–Kier alpha value is -3.08. The number of aromatic nitrogens is 1. The Balaban J connectivity index is 1.88. The van der Waals surface area contributed by atoms with Gasteiger partial charge in [0, 0.05) is 10.9 Å². The molecule has 0 fully saturated rings. The molecule has 0 aliphatic rings. The van der Waals surface area contributed by atoms with Gasteiger partial charge < -0.3 is 14.0 Å². The lowest BCUT2D eigenvalue weighted by Crippen LogP contribution is -2.17. The third kappa shape index (κ3) is 3.30. The highest BCUT2D eigenvalue weighted by molar-refractivity contribution is 5.96. The molecule has 0 spiro atoms. The number of rotatable bonds is 5. The molecule has 0 aliphatic carbocycles. The van der Waals surface area contributed by atoms with Crippen LogP contribution in [0.15, 0.2) is 60.7 Å². The number of nitrogens with zero attached hydrogens (tertiary/aromatic N) is 1. The van der Waals surface area contributed by atoms with Gasteiger partial charge in [-0.15, -0.1) is 0 Å². The minimum atomic E-state index is -0.473. The molecule has 122 valence electrons. The average Bonchev–Trinajstić information content (AvgIpc) is 2.99. The van der Waals surface area contributed by atoms with Crippen molar-refractivity contribution in [3.8, 4) is 0 Å². The van der Waals surface area contributed by atoms with Gasteiger partial charge >= 0.3 is 11.9 Å². The fourth-order valence-corrected chi connectivity index (χ4v) is 2.54. The first kappa shape index (κ1) is 15.8. The molecule has 2 aromatic carbocycles.